The van der Waals surface area contributed by atoms with Gasteiger partial charge in [0.1, 0.15) is 11.8 Å². The zero-order chi connectivity index (χ0) is 23.8. The number of benzene rings is 1. The van der Waals surface area contributed by atoms with E-state index in [0.29, 0.717) is 17.2 Å². The monoisotopic (exact) mass is 464 g/mol. The van der Waals surface area contributed by atoms with Gasteiger partial charge in [0, 0.05) is 80.3 Å². The minimum absolute atomic E-state index is 0.424. The maximum atomic E-state index is 8.41. The number of hydrogen-bond donors (Lipinski definition) is 1. The standard InChI is InChI=1S/C25H24N10/c1-32-15-21(14-30-32)19-11-22-24(29-17-31-35(22)16-19)33-7-9-34(10-8-33)25-27-12-20(13-28-25)23(26)18-5-3-2-4-6-18/h2-6,11-17,26H,7-10H2,1H3. The Bertz CT molecular complexity index is 1480. The largest absolute Gasteiger partial charge is 0.351 e. The third kappa shape index (κ3) is 3.99. The minimum Gasteiger partial charge on any atom is -0.351 e. The van der Waals surface area contributed by atoms with Gasteiger partial charge >= 0.3 is 0 Å². The molecule has 0 saturated carbocycles. The molecule has 174 valence electrons. The van der Waals surface area contributed by atoms with Gasteiger partial charge in [-0.25, -0.2) is 19.5 Å². The molecule has 0 atom stereocenters. The summed E-state index contributed by atoms with van der Waals surface area (Å²) in [6.07, 6.45) is 10.9. The molecule has 0 aliphatic carbocycles. The molecule has 1 aliphatic heterocycles. The van der Waals surface area contributed by atoms with Gasteiger partial charge in [0.05, 0.1) is 11.9 Å². The van der Waals surface area contributed by atoms with Crippen molar-refractivity contribution in [1.82, 2.24) is 34.3 Å². The van der Waals surface area contributed by atoms with Crippen LogP contribution < -0.4 is 9.80 Å². The topological polar surface area (TPSA) is 104 Å². The van der Waals surface area contributed by atoms with Crippen molar-refractivity contribution in [2.75, 3.05) is 36.0 Å². The highest BCUT2D eigenvalue weighted by Gasteiger charge is 2.22. The number of anilines is 2. The van der Waals surface area contributed by atoms with Crippen LogP contribution in [-0.4, -0.2) is 66.2 Å². The van der Waals surface area contributed by atoms with E-state index in [0.717, 1.165) is 54.2 Å². The van der Waals surface area contributed by atoms with Crippen LogP contribution in [0.3, 0.4) is 0 Å². The van der Waals surface area contributed by atoms with Gasteiger partial charge in [-0.15, -0.1) is 0 Å². The van der Waals surface area contributed by atoms with E-state index in [-0.39, 0.29) is 0 Å². The van der Waals surface area contributed by atoms with Crippen LogP contribution in [0.2, 0.25) is 0 Å². The van der Waals surface area contributed by atoms with E-state index in [9.17, 15) is 0 Å². The predicted octanol–water partition coefficient (Wildman–Crippen LogP) is 2.66. The fourth-order valence-corrected chi connectivity index (χ4v) is 4.39. The first kappa shape index (κ1) is 21.0. The van der Waals surface area contributed by atoms with Gasteiger partial charge in [0.15, 0.2) is 5.82 Å². The van der Waals surface area contributed by atoms with Crippen molar-refractivity contribution in [2.45, 2.75) is 0 Å². The van der Waals surface area contributed by atoms with Crippen LogP contribution in [0.25, 0.3) is 16.6 Å². The van der Waals surface area contributed by atoms with Gasteiger partial charge in [-0.2, -0.15) is 10.2 Å². The van der Waals surface area contributed by atoms with Crippen molar-refractivity contribution in [3.63, 3.8) is 0 Å². The molecule has 10 nitrogen and oxygen atoms in total. The summed E-state index contributed by atoms with van der Waals surface area (Å²) in [5, 5.41) is 17.1. The highest BCUT2D eigenvalue weighted by Crippen LogP contribution is 2.27. The maximum absolute atomic E-state index is 8.41. The van der Waals surface area contributed by atoms with Crippen molar-refractivity contribution in [1.29, 1.82) is 5.41 Å². The Morgan fingerprint density at radius 3 is 2.26 bits per heavy atom. The Kier molecular flexibility index (Phi) is 5.17. The highest BCUT2D eigenvalue weighted by molar-refractivity contribution is 6.10. The number of rotatable bonds is 5. The molecule has 0 unspecified atom stereocenters. The number of piperazine rings is 1. The van der Waals surface area contributed by atoms with E-state index in [4.69, 9.17) is 5.41 Å². The second-order valence-corrected chi connectivity index (χ2v) is 8.53. The summed E-state index contributed by atoms with van der Waals surface area (Å²) < 4.78 is 3.67. The van der Waals surface area contributed by atoms with Crippen LogP contribution in [0.5, 0.6) is 0 Å². The molecule has 1 saturated heterocycles. The van der Waals surface area contributed by atoms with E-state index in [1.54, 1.807) is 23.4 Å². The summed E-state index contributed by atoms with van der Waals surface area (Å²) >= 11 is 0. The minimum atomic E-state index is 0.424. The molecule has 0 spiro atoms. The Hall–Kier alpha value is -4.60. The molecule has 6 rings (SSSR count). The molecule has 35 heavy (non-hydrogen) atoms. The fraction of sp³-hybridized carbons (Fsp3) is 0.200. The summed E-state index contributed by atoms with van der Waals surface area (Å²) in [5.41, 5.74) is 5.07. The van der Waals surface area contributed by atoms with Crippen LogP contribution in [-0.2, 0) is 7.05 Å². The maximum Gasteiger partial charge on any atom is 0.225 e. The third-order valence-electron chi connectivity index (χ3n) is 6.28. The van der Waals surface area contributed by atoms with E-state index in [2.05, 4.69) is 41.0 Å². The molecule has 0 amide bonds. The van der Waals surface area contributed by atoms with E-state index in [1.165, 1.54) is 0 Å². The van der Waals surface area contributed by atoms with Gasteiger partial charge in [-0.05, 0) is 6.07 Å². The van der Waals surface area contributed by atoms with Gasteiger partial charge in [-0.3, -0.25) is 10.1 Å². The van der Waals surface area contributed by atoms with Crippen LogP contribution in [0.4, 0.5) is 11.8 Å². The van der Waals surface area contributed by atoms with Crippen molar-refractivity contribution < 1.29 is 0 Å². The van der Waals surface area contributed by atoms with Gasteiger partial charge in [-0.1, -0.05) is 30.3 Å². The average molecular weight is 465 g/mol. The van der Waals surface area contributed by atoms with Crippen molar-refractivity contribution in [2.24, 2.45) is 7.05 Å². The molecule has 5 aromatic rings. The summed E-state index contributed by atoms with van der Waals surface area (Å²) in [6.45, 7) is 3.15. The first-order valence-electron chi connectivity index (χ1n) is 11.4. The van der Waals surface area contributed by atoms with Crippen LogP contribution in [0, 0.1) is 5.41 Å². The molecular formula is C25H24N10. The summed E-state index contributed by atoms with van der Waals surface area (Å²) in [4.78, 5) is 18.2. The molecule has 1 fully saturated rings. The molecular weight excluding hydrogens is 440 g/mol. The van der Waals surface area contributed by atoms with Gasteiger partial charge < -0.3 is 9.80 Å². The quantitative estimate of drug-likeness (QED) is 0.399. The molecule has 10 heteroatoms. The number of aryl methyl sites for hydroxylation is 1. The van der Waals surface area contributed by atoms with Gasteiger partial charge in [0.25, 0.3) is 0 Å². The van der Waals surface area contributed by atoms with E-state index < -0.39 is 0 Å². The van der Waals surface area contributed by atoms with E-state index in [1.807, 2.05) is 60.5 Å². The SMILES string of the molecule is Cn1cc(-c2cc3c(N4CCN(c5ncc(C(=N)c6ccccc6)cn5)CC4)ncnn3c2)cn1. The summed E-state index contributed by atoms with van der Waals surface area (Å²) in [5.74, 6) is 1.60. The zero-order valence-electron chi connectivity index (χ0n) is 19.3. The molecule has 0 radical (unpaired) electrons. The van der Waals surface area contributed by atoms with Crippen molar-refractivity contribution in [3.05, 3.63) is 84.8 Å². The molecule has 1 N–H and O–H groups in total. The number of aromatic nitrogens is 7. The van der Waals surface area contributed by atoms with Crippen molar-refractivity contribution >= 4 is 23.0 Å². The van der Waals surface area contributed by atoms with Crippen molar-refractivity contribution in [3.8, 4) is 11.1 Å². The van der Waals surface area contributed by atoms with Crippen LogP contribution in [0.15, 0.2) is 73.7 Å². The third-order valence-corrected chi connectivity index (χ3v) is 6.28. The first-order valence-corrected chi connectivity index (χ1v) is 11.4. The lowest BCUT2D eigenvalue weighted by molar-refractivity contribution is 0.633. The average Bonchev–Trinajstić information content (AvgIpc) is 3.55. The summed E-state index contributed by atoms with van der Waals surface area (Å²) in [7, 11) is 1.91. The Morgan fingerprint density at radius 1 is 0.800 bits per heavy atom. The smallest absolute Gasteiger partial charge is 0.225 e. The lowest BCUT2D eigenvalue weighted by Crippen LogP contribution is -2.47. The Morgan fingerprint density at radius 2 is 1.54 bits per heavy atom. The summed E-state index contributed by atoms with van der Waals surface area (Å²) in [6, 6.07) is 11.8. The fourth-order valence-electron chi connectivity index (χ4n) is 4.39. The second kappa shape index (κ2) is 8.64. The number of fused-ring (bicyclic) bond motifs is 1. The van der Waals surface area contributed by atoms with E-state index >= 15 is 0 Å². The number of nitrogens with zero attached hydrogens (tertiary/aromatic N) is 9. The molecule has 5 heterocycles. The molecule has 4 aromatic heterocycles. The van der Waals surface area contributed by atoms with Crippen LogP contribution in [0.1, 0.15) is 11.1 Å². The lowest BCUT2D eigenvalue weighted by atomic mass is 10.1. The number of hydrogen-bond acceptors (Lipinski definition) is 8. The number of nitrogens with one attached hydrogen (secondary N) is 1. The molecule has 1 aromatic carbocycles. The van der Waals surface area contributed by atoms with Crippen LogP contribution >= 0.6 is 0 Å². The molecule has 1 aliphatic rings. The van der Waals surface area contributed by atoms with Gasteiger partial charge in [0.2, 0.25) is 5.95 Å². The second-order valence-electron chi connectivity index (χ2n) is 8.53. The Labute approximate surface area is 202 Å². The zero-order valence-corrected chi connectivity index (χ0v) is 19.3. The first-order chi connectivity index (χ1) is 17.2. The highest BCUT2D eigenvalue weighted by atomic mass is 15.4. The normalized spacial score (nSPS) is 14.0. The Balaban J connectivity index is 1.16. The predicted molar refractivity (Wildman–Crippen MR) is 134 cm³/mol. The molecule has 0 bridgehead atoms. The lowest BCUT2D eigenvalue weighted by Gasteiger charge is -2.35.